The first kappa shape index (κ1) is 27.9. The van der Waals surface area contributed by atoms with Crippen molar-refractivity contribution < 1.29 is 0 Å². The molecule has 1 aliphatic heterocycles. The molecule has 0 unspecified atom stereocenters. The zero-order chi connectivity index (χ0) is 33.5. The number of hydrogen-bond donors (Lipinski definition) is 0. The normalized spacial score (nSPS) is 12.3. The molecule has 0 saturated heterocycles. The number of nitrogens with zero attached hydrogens (tertiary/aromatic N) is 5. The lowest BCUT2D eigenvalue weighted by Crippen LogP contribution is -2.18. The summed E-state index contributed by atoms with van der Waals surface area (Å²) in [6.07, 6.45) is 0. The Balaban J connectivity index is 1.31. The van der Waals surface area contributed by atoms with Gasteiger partial charge in [-0.2, -0.15) is 0 Å². The molecule has 7 aromatic carbocycles. The van der Waals surface area contributed by atoms with Crippen molar-refractivity contribution >= 4 is 60.7 Å². The maximum atomic E-state index is 5.35. The van der Waals surface area contributed by atoms with E-state index in [-0.39, 0.29) is 0 Å². The highest BCUT2D eigenvalue weighted by Crippen LogP contribution is 2.51. The van der Waals surface area contributed by atoms with Gasteiger partial charge in [0.05, 0.1) is 50.5 Å². The fourth-order valence-corrected chi connectivity index (χ4v) is 8.08. The van der Waals surface area contributed by atoms with Gasteiger partial charge in [-0.3, -0.25) is 4.57 Å². The van der Waals surface area contributed by atoms with Crippen LogP contribution in [-0.4, -0.2) is 19.1 Å². The number of para-hydroxylation sites is 5. The van der Waals surface area contributed by atoms with Crippen LogP contribution in [0.1, 0.15) is 0 Å². The van der Waals surface area contributed by atoms with E-state index in [0.717, 1.165) is 72.6 Å². The molecule has 0 N–H and O–H groups in total. The number of anilines is 3. The van der Waals surface area contributed by atoms with Crippen LogP contribution in [0.4, 0.5) is 17.1 Å². The molecule has 0 amide bonds. The summed E-state index contributed by atoms with van der Waals surface area (Å²) < 4.78 is 4.77. The van der Waals surface area contributed by atoms with Gasteiger partial charge >= 0.3 is 0 Å². The summed E-state index contributed by atoms with van der Waals surface area (Å²) in [4.78, 5) is 13.1. The predicted molar refractivity (Wildman–Crippen MR) is 210 cm³/mol. The van der Waals surface area contributed by atoms with Crippen molar-refractivity contribution in [2.24, 2.45) is 0 Å². The third-order valence-electron chi connectivity index (χ3n) is 10.2. The lowest BCUT2D eigenvalue weighted by molar-refractivity contribution is 0.994. The molecule has 3 aromatic heterocycles. The molecule has 0 aliphatic carbocycles. The van der Waals surface area contributed by atoms with Gasteiger partial charge in [0.1, 0.15) is 0 Å². The molecule has 5 heteroatoms. The van der Waals surface area contributed by atoms with Gasteiger partial charge in [-0.15, -0.1) is 0 Å². The summed E-state index contributed by atoms with van der Waals surface area (Å²) in [6, 6.07) is 62.2. The van der Waals surface area contributed by atoms with E-state index in [1.807, 2.05) is 12.1 Å². The number of fused-ring (bicyclic) bond motifs is 9. The van der Waals surface area contributed by atoms with Gasteiger partial charge in [0.2, 0.25) is 5.95 Å². The van der Waals surface area contributed by atoms with Gasteiger partial charge in [-0.05, 0) is 42.5 Å². The fraction of sp³-hybridized carbons (Fsp3) is 0. The van der Waals surface area contributed by atoms with Crippen LogP contribution in [0.5, 0.6) is 0 Å². The number of rotatable bonds is 4. The highest BCUT2D eigenvalue weighted by molar-refractivity contribution is 6.26. The Bertz CT molecular complexity index is 2900. The second-order valence-corrected chi connectivity index (χ2v) is 13.0. The number of aromatic nitrogens is 4. The predicted octanol–water partition coefficient (Wildman–Crippen LogP) is 11.8. The topological polar surface area (TPSA) is 38.9 Å². The molecule has 0 fully saturated rings. The van der Waals surface area contributed by atoms with Crippen LogP contribution in [0.25, 0.3) is 77.8 Å². The molecule has 4 heterocycles. The monoisotopic (exact) mass is 651 g/mol. The van der Waals surface area contributed by atoms with Gasteiger partial charge in [-0.1, -0.05) is 133 Å². The van der Waals surface area contributed by atoms with Crippen molar-refractivity contribution in [3.05, 3.63) is 176 Å². The van der Waals surface area contributed by atoms with Gasteiger partial charge < -0.3 is 9.47 Å². The largest absolute Gasteiger partial charge is 0.306 e. The molecule has 0 bridgehead atoms. The standard InChI is InChI=1S/C46H29N5/c1-4-15-30(16-5-1)37-29-38(31-17-6-2-7-18-31)48-46(47-37)51-39-23-11-10-21-33(39)35-27-28-36-34-22-14-26-42-43(34)50(44(36)45(35)51)41-25-13-12-24-40(41)49(42)32-19-8-3-9-20-32/h1-29H. The van der Waals surface area contributed by atoms with Gasteiger partial charge in [0.15, 0.2) is 0 Å². The second-order valence-electron chi connectivity index (χ2n) is 13.0. The van der Waals surface area contributed by atoms with Crippen LogP contribution in [0.15, 0.2) is 176 Å². The molecule has 1 aliphatic rings. The van der Waals surface area contributed by atoms with Crippen molar-refractivity contribution in [1.29, 1.82) is 0 Å². The number of benzene rings is 7. The van der Waals surface area contributed by atoms with Crippen LogP contribution in [0.3, 0.4) is 0 Å². The van der Waals surface area contributed by atoms with Gasteiger partial charge in [-0.25, -0.2) is 9.97 Å². The first-order chi connectivity index (χ1) is 25.3. The molecular formula is C46H29N5. The maximum absolute atomic E-state index is 5.35. The SMILES string of the molecule is c1ccc(-c2cc(-c3ccccc3)nc(-n3c4ccccc4c4ccc5c6cccc7c6n(c5c43)-c3ccccc3N7c3ccccc3)n2)cc1. The molecule has 0 radical (unpaired) electrons. The molecule has 11 rings (SSSR count). The lowest BCUT2D eigenvalue weighted by Gasteiger charge is -2.33. The van der Waals surface area contributed by atoms with Gasteiger partial charge in [0, 0.05) is 38.4 Å². The Morgan fingerprint density at radius 3 is 1.57 bits per heavy atom. The summed E-state index contributed by atoms with van der Waals surface area (Å²) >= 11 is 0. The summed E-state index contributed by atoms with van der Waals surface area (Å²) in [6.45, 7) is 0. The maximum Gasteiger partial charge on any atom is 0.235 e. The lowest BCUT2D eigenvalue weighted by atomic mass is 10.1. The highest BCUT2D eigenvalue weighted by atomic mass is 15.2. The minimum absolute atomic E-state index is 0.641. The zero-order valence-electron chi connectivity index (χ0n) is 27.5. The van der Waals surface area contributed by atoms with Crippen molar-refractivity contribution in [2.75, 3.05) is 4.90 Å². The zero-order valence-corrected chi connectivity index (χ0v) is 27.5. The minimum atomic E-state index is 0.641. The Morgan fingerprint density at radius 1 is 0.353 bits per heavy atom. The van der Waals surface area contributed by atoms with E-state index in [1.54, 1.807) is 0 Å². The van der Waals surface area contributed by atoms with Crippen molar-refractivity contribution in [3.63, 3.8) is 0 Å². The Labute approximate surface area is 293 Å². The van der Waals surface area contributed by atoms with Gasteiger partial charge in [0.25, 0.3) is 0 Å². The summed E-state index contributed by atoms with van der Waals surface area (Å²) in [5, 5.41) is 4.73. The Hall–Kier alpha value is -6.98. The minimum Gasteiger partial charge on any atom is -0.306 e. The molecule has 0 saturated carbocycles. The summed E-state index contributed by atoms with van der Waals surface area (Å²) in [5.41, 5.74) is 12.9. The third-order valence-corrected chi connectivity index (χ3v) is 10.2. The van der Waals surface area contributed by atoms with E-state index in [4.69, 9.17) is 9.97 Å². The summed E-state index contributed by atoms with van der Waals surface area (Å²) in [7, 11) is 0. The molecule has 0 spiro atoms. The van der Waals surface area contributed by atoms with Crippen LogP contribution in [0, 0.1) is 0 Å². The van der Waals surface area contributed by atoms with E-state index in [0.29, 0.717) is 5.95 Å². The Morgan fingerprint density at radius 2 is 0.863 bits per heavy atom. The highest BCUT2D eigenvalue weighted by Gasteiger charge is 2.30. The quantitative estimate of drug-likeness (QED) is 0.190. The van der Waals surface area contributed by atoms with E-state index < -0.39 is 0 Å². The average molecular weight is 652 g/mol. The van der Waals surface area contributed by atoms with Crippen molar-refractivity contribution in [2.45, 2.75) is 0 Å². The van der Waals surface area contributed by atoms with Crippen LogP contribution in [0.2, 0.25) is 0 Å². The van der Waals surface area contributed by atoms with Crippen molar-refractivity contribution in [1.82, 2.24) is 19.1 Å². The van der Waals surface area contributed by atoms with E-state index >= 15 is 0 Å². The van der Waals surface area contributed by atoms with E-state index in [1.165, 1.54) is 16.3 Å². The van der Waals surface area contributed by atoms with E-state index in [9.17, 15) is 0 Å². The van der Waals surface area contributed by atoms with E-state index in [2.05, 4.69) is 178 Å². The van der Waals surface area contributed by atoms with Crippen LogP contribution >= 0.6 is 0 Å². The van der Waals surface area contributed by atoms with Crippen molar-refractivity contribution in [3.8, 4) is 34.2 Å². The molecule has 5 nitrogen and oxygen atoms in total. The van der Waals surface area contributed by atoms with Crippen LogP contribution in [-0.2, 0) is 0 Å². The molecule has 238 valence electrons. The number of hydrogen-bond acceptors (Lipinski definition) is 3. The first-order valence-electron chi connectivity index (χ1n) is 17.3. The smallest absolute Gasteiger partial charge is 0.235 e. The molecule has 0 atom stereocenters. The fourth-order valence-electron chi connectivity index (χ4n) is 8.08. The molecule has 10 aromatic rings. The Kier molecular flexibility index (Phi) is 5.89. The molecule has 51 heavy (non-hydrogen) atoms. The average Bonchev–Trinajstić information content (AvgIpc) is 3.73. The third kappa shape index (κ3) is 4.03. The summed E-state index contributed by atoms with van der Waals surface area (Å²) in [5.74, 6) is 0.641. The second kappa shape index (κ2) is 10.8. The first-order valence-corrected chi connectivity index (χ1v) is 17.3. The molecular weight excluding hydrogens is 623 g/mol. The van der Waals surface area contributed by atoms with Crippen LogP contribution < -0.4 is 4.90 Å².